The van der Waals surface area contributed by atoms with E-state index < -0.39 is 19.5 Å². The second kappa shape index (κ2) is 10.4. The molecule has 0 aliphatic rings. The first kappa shape index (κ1) is 11.2. The molecule has 0 heterocycles. The van der Waals surface area contributed by atoms with Gasteiger partial charge in [0.15, 0.2) is 0 Å². The van der Waals surface area contributed by atoms with E-state index in [1.54, 1.807) is 13.8 Å². The summed E-state index contributed by atoms with van der Waals surface area (Å²) in [6, 6.07) is 0. The van der Waals surface area contributed by atoms with Gasteiger partial charge in [-0.15, -0.1) is 0 Å². The van der Waals surface area contributed by atoms with E-state index in [1.165, 1.54) is 0 Å². The summed E-state index contributed by atoms with van der Waals surface area (Å²) in [6.07, 6.45) is -0.0602. The Bertz CT molecular complexity index is 46.5. The second-order valence-electron chi connectivity index (χ2n) is 1.25. The van der Waals surface area contributed by atoms with Crippen molar-refractivity contribution < 1.29 is 36.7 Å². The average molecular weight is 157 g/mol. The SMILES string of the molecule is CC(C)OO.[O]=[Ti][OH]. The molecule has 0 aliphatic heterocycles. The van der Waals surface area contributed by atoms with E-state index in [2.05, 4.69) is 4.89 Å². The van der Waals surface area contributed by atoms with Gasteiger partial charge in [0.1, 0.15) is 0 Å². The summed E-state index contributed by atoms with van der Waals surface area (Å²) in [5, 5.41) is 7.64. The molecule has 0 atom stereocenters. The van der Waals surface area contributed by atoms with Crippen molar-refractivity contribution in [1.82, 2.24) is 0 Å². The third-order valence-electron chi connectivity index (χ3n) is 0.211. The van der Waals surface area contributed by atoms with Crippen LogP contribution in [-0.2, 0) is 27.7 Å². The molecule has 0 radical (unpaired) electrons. The molecular weight excluding hydrogens is 148 g/mol. The molecule has 0 aromatic rings. The molecule has 0 saturated heterocycles. The van der Waals surface area contributed by atoms with Crippen molar-refractivity contribution in [3.05, 3.63) is 0 Å². The molecule has 0 aliphatic carbocycles. The quantitative estimate of drug-likeness (QED) is 0.324. The van der Waals surface area contributed by atoms with Crippen LogP contribution in [0.3, 0.4) is 0 Å². The topological polar surface area (TPSA) is 66.8 Å². The maximum atomic E-state index is 8.61. The fourth-order valence-corrected chi connectivity index (χ4v) is 0. The average Bonchev–Trinajstić information content (AvgIpc) is 1.69. The van der Waals surface area contributed by atoms with Crippen molar-refractivity contribution in [3.63, 3.8) is 0 Å². The molecule has 0 amide bonds. The molecule has 0 bridgehead atoms. The Kier molecular flexibility index (Phi) is 14.6. The zero-order valence-electron chi connectivity index (χ0n) is 4.79. The summed E-state index contributed by atoms with van der Waals surface area (Å²) in [5.74, 6) is 0. The summed E-state index contributed by atoms with van der Waals surface area (Å²) in [7, 11) is 0. The normalized spacial score (nSPS) is 7.12. The zero-order chi connectivity index (χ0) is 6.99. The van der Waals surface area contributed by atoms with E-state index in [0.717, 1.165) is 0 Å². The Morgan fingerprint density at radius 3 is 1.75 bits per heavy atom. The van der Waals surface area contributed by atoms with Gasteiger partial charge >= 0.3 is 26.5 Å². The van der Waals surface area contributed by atoms with Gasteiger partial charge in [0, 0.05) is 0 Å². The van der Waals surface area contributed by atoms with Gasteiger partial charge in [-0.25, -0.2) is 4.89 Å². The van der Waals surface area contributed by atoms with E-state index in [-0.39, 0.29) is 6.10 Å². The maximum absolute atomic E-state index is 8.61. The van der Waals surface area contributed by atoms with Gasteiger partial charge in [-0.1, -0.05) is 0 Å². The van der Waals surface area contributed by atoms with Crippen LogP contribution >= 0.6 is 0 Å². The number of hydrogen-bond acceptors (Lipinski definition) is 3. The van der Waals surface area contributed by atoms with Crippen molar-refractivity contribution >= 4 is 0 Å². The summed E-state index contributed by atoms with van der Waals surface area (Å²) in [5.41, 5.74) is 0. The van der Waals surface area contributed by atoms with Gasteiger partial charge in [0.25, 0.3) is 0 Å². The first-order chi connectivity index (χ1) is 3.68. The Labute approximate surface area is 57.1 Å². The fourth-order valence-electron chi connectivity index (χ4n) is 0. The minimum absolute atomic E-state index is 0.0602. The minimum atomic E-state index is -1.75. The molecule has 0 aromatic heterocycles. The molecule has 49 valence electrons. The van der Waals surface area contributed by atoms with Gasteiger partial charge < -0.3 is 0 Å². The predicted molar refractivity (Wildman–Crippen MR) is 21.8 cm³/mol. The standard InChI is InChI=1S/C3H8O2.H2O.O.Ti/c1-3(2)5-4;;;/h3-4H,1-2H3;1H2;;/q;;;+1/p-1. The summed E-state index contributed by atoms with van der Waals surface area (Å²) in [6.45, 7) is 3.50. The molecule has 0 unspecified atom stereocenters. The van der Waals surface area contributed by atoms with Crippen molar-refractivity contribution in [1.29, 1.82) is 0 Å². The van der Waals surface area contributed by atoms with E-state index >= 15 is 0 Å². The second-order valence-corrected chi connectivity index (χ2v) is 1.53. The summed E-state index contributed by atoms with van der Waals surface area (Å²) < 4.78 is 15.8. The van der Waals surface area contributed by atoms with Crippen molar-refractivity contribution in [2.75, 3.05) is 0 Å². The third-order valence-corrected chi connectivity index (χ3v) is 0.211. The monoisotopic (exact) mass is 157 g/mol. The van der Waals surface area contributed by atoms with Crippen LogP contribution < -0.4 is 0 Å². The number of rotatable bonds is 1. The van der Waals surface area contributed by atoms with Crippen LogP contribution in [0.25, 0.3) is 0 Å². The van der Waals surface area contributed by atoms with E-state index in [4.69, 9.17) is 12.3 Å². The van der Waals surface area contributed by atoms with Crippen LogP contribution in [0.15, 0.2) is 0 Å². The van der Waals surface area contributed by atoms with Crippen LogP contribution in [0.1, 0.15) is 13.8 Å². The van der Waals surface area contributed by atoms with Crippen LogP contribution in [0.5, 0.6) is 0 Å². The first-order valence-corrected chi connectivity index (χ1v) is 3.34. The van der Waals surface area contributed by atoms with Crippen LogP contribution in [-0.4, -0.2) is 15.0 Å². The van der Waals surface area contributed by atoms with Gasteiger partial charge in [0.05, 0.1) is 6.10 Å². The molecule has 0 saturated carbocycles. The third kappa shape index (κ3) is 32.5. The van der Waals surface area contributed by atoms with E-state index in [0.29, 0.717) is 0 Å². The van der Waals surface area contributed by atoms with Crippen molar-refractivity contribution in [2.45, 2.75) is 20.0 Å². The predicted octanol–water partition coefficient (Wildman–Crippen LogP) is 0.206. The Balaban J connectivity index is 0. The molecule has 0 rings (SSSR count). The molecule has 0 fully saturated rings. The molecule has 0 aromatic carbocycles. The van der Waals surface area contributed by atoms with Crippen molar-refractivity contribution in [3.8, 4) is 0 Å². The number of hydrogen-bond donors (Lipinski definition) is 2. The van der Waals surface area contributed by atoms with E-state index in [1.807, 2.05) is 0 Å². The first-order valence-electron chi connectivity index (χ1n) is 2.00. The van der Waals surface area contributed by atoms with Gasteiger partial charge in [-0.3, -0.25) is 5.26 Å². The molecular formula is C3H9O4Ti. The Morgan fingerprint density at radius 2 is 1.75 bits per heavy atom. The van der Waals surface area contributed by atoms with Crippen LogP contribution in [0, 0.1) is 0 Å². The molecule has 8 heavy (non-hydrogen) atoms. The van der Waals surface area contributed by atoms with Gasteiger partial charge in [-0.05, 0) is 13.8 Å². The molecule has 2 N–H and O–H groups in total. The summed E-state index contributed by atoms with van der Waals surface area (Å²) >= 11 is -1.75. The Morgan fingerprint density at radius 1 is 1.62 bits per heavy atom. The zero-order valence-corrected chi connectivity index (χ0v) is 6.35. The van der Waals surface area contributed by atoms with Crippen LogP contribution in [0.2, 0.25) is 0 Å². The molecule has 0 spiro atoms. The summed E-state index contributed by atoms with van der Waals surface area (Å²) in [4.78, 5) is 3.75. The Hall–Kier alpha value is 0.394. The van der Waals surface area contributed by atoms with Crippen molar-refractivity contribution in [2.24, 2.45) is 0 Å². The fraction of sp³-hybridized carbons (Fsp3) is 1.00. The van der Waals surface area contributed by atoms with Gasteiger partial charge in [-0.2, -0.15) is 0 Å². The van der Waals surface area contributed by atoms with E-state index in [9.17, 15) is 0 Å². The van der Waals surface area contributed by atoms with Gasteiger partial charge in [0.2, 0.25) is 0 Å². The van der Waals surface area contributed by atoms with Crippen LogP contribution in [0.4, 0.5) is 0 Å². The molecule has 4 nitrogen and oxygen atoms in total. The molecule has 5 heteroatoms.